The van der Waals surface area contributed by atoms with E-state index in [1.807, 2.05) is 0 Å². The Hall–Kier alpha value is -2.18. The summed E-state index contributed by atoms with van der Waals surface area (Å²) in [6.45, 7) is 0. The summed E-state index contributed by atoms with van der Waals surface area (Å²) < 4.78 is 5.02. The van der Waals surface area contributed by atoms with Crippen molar-refractivity contribution < 1.29 is 19.6 Å². The standard InChI is InChI=1S/C12H10BNO4/c15-12(9-5-2-1-3-6-9)18-11-10(13(16)17)7-4-8-14-11/h1-8,16-17H. The van der Waals surface area contributed by atoms with Gasteiger partial charge in [-0.2, -0.15) is 0 Å². The van der Waals surface area contributed by atoms with E-state index in [9.17, 15) is 4.79 Å². The number of carbonyl (C=O) groups is 1. The average Bonchev–Trinajstić information content (AvgIpc) is 2.40. The lowest BCUT2D eigenvalue weighted by Crippen LogP contribution is -2.32. The molecule has 0 saturated carbocycles. The third kappa shape index (κ3) is 2.74. The molecule has 1 aromatic heterocycles. The van der Waals surface area contributed by atoms with Crippen LogP contribution in [0.25, 0.3) is 0 Å². The second-order valence-electron chi connectivity index (χ2n) is 3.53. The zero-order valence-electron chi connectivity index (χ0n) is 9.35. The summed E-state index contributed by atoms with van der Waals surface area (Å²) in [5.41, 5.74) is 0.406. The molecule has 1 aromatic carbocycles. The fourth-order valence-corrected chi connectivity index (χ4v) is 1.41. The van der Waals surface area contributed by atoms with E-state index in [-0.39, 0.29) is 11.3 Å². The fourth-order valence-electron chi connectivity index (χ4n) is 1.41. The molecule has 0 saturated heterocycles. The average molecular weight is 243 g/mol. The topological polar surface area (TPSA) is 79.7 Å². The van der Waals surface area contributed by atoms with Gasteiger partial charge in [-0.25, -0.2) is 9.78 Å². The third-order valence-corrected chi connectivity index (χ3v) is 2.28. The summed E-state index contributed by atoms with van der Waals surface area (Å²) in [4.78, 5) is 15.6. The van der Waals surface area contributed by atoms with Crippen LogP contribution in [0.1, 0.15) is 10.4 Å². The monoisotopic (exact) mass is 243 g/mol. The molecule has 0 aliphatic carbocycles. The van der Waals surface area contributed by atoms with Gasteiger partial charge in [0, 0.05) is 11.7 Å². The second kappa shape index (κ2) is 5.44. The van der Waals surface area contributed by atoms with Crippen molar-refractivity contribution in [1.29, 1.82) is 0 Å². The summed E-state index contributed by atoms with van der Waals surface area (Å²) in [6.07, 6.45) is 1.40. The Kier molecular flexibility index (Phi) is 3.71. The number of carbonyl (C=O) groups excluding carboxylic acids is 1. The van der Waals surface area contributed by atoms with Gasteiger partial charge in [0.2, 0.25) is 5.88 Å². The number of rotatable bonds is 3. The predicted molar refractivity (Wildman–Crippen MR) is 65.5 cm³/mol. The molecule has 2 aromatic rings. The van der Waals surface area contributed by atoms with E-state index in [0.29, 0.717) is 5.56 Å². The van der Waals surface area contributed by atoms with Crippen molar-refractivity contribution in [3.63, 3.8) is 0 Å². The lowest BCUT2D eigenvalue weighted by atomic mass is 9.81. The molecule has 0 atom stereocenters. The molecule has 0 amide bonds. The van der Waals surface area contributed by atoms with E-state index < -0.39 is 13.1 Å². The molecule has 0 unspecified atom stereocenters. The van der Waals surface area contributed by atoms with Gasteiger partial charge in [0.05, 0.1) is 5.56 Å². The molecule has 5 nitrogen and oxygen atoms in total. The molecular formula is C12H10BNO4. The van der Waals surface area contributed by atoms with Crippen molar-refractivity contribution in [3.8, 4) is 5.88 Å². The van der Waals surface area contributed by atoms with Crippen LogP contribution in [0.3, 0.4) is 0 Å². The normalized spacial score (nSPS) is 9.89. The highest BCUT2D eigenvalue weighted by molar-refractivity contribution is 6.59. The van der Waals surface area contributed by atoms with E-state index in [2.05, 4.69) is 4.98 Å². The first kappa shape index (κ1) is 12.3. The van der Waals surface area contributed by atoms with Crippen LogP contribution in [0.4, 0.5) is 0 Å². The molecule has 6 heteroatoms. The molecule has 18 heavy (non-hydrogen) atoms. The minimum Gasteiger partial charge on any atom is -0.423 e. The Balaban J connectivity index is 2.22. The van der Waals surface area contributed by atoms with Crippen molar-refractivity contribution in [2.75, 3.05) is 0 Å². The minimum absolute atomic E-state index is 0.0433. The number of hydrogen-bond acceptors (Lipinski definition) is 5. The highest BCUT2D eigenvalue weighted by Crippen LogP contribution is 2.07. The molecule has 0 spiro atoms. The number of hydrogen-bond donors (Lipinski definition) is 2. The van der Waals surface area contributed by atoms with Crippen molar-refractivity contribution in [2.24, 2.45) is 0 Å². The van der Waals surface area contributed by atoms with Gasteiger partial charge in [-0.1, -0.05) is 24.3 Å². The highest BCUT2D eigenvalue weighted by atomic mass is 16.5. The molecule has 2 rings (SSSR count). The van der Waals surface area contributed by atoms with Crippen LogP contribution in [0.2, 0.25) is 0 Å². The summed E-state index contributed by atoms with van der Waals surface area (Å²) in [6, 6.07) is 11.3. The van der Waals surface area contributed by atoms with Gasteiger partial charge in [-0.05, 0) is 18.2 Å². The summed E-state index contributed by atoms with van der Waals surface area (Å²) in [5, 5.41) is 18.2. The minimum atomic E-state index is -1.74. The van der Waals surface area contributed by atoms with Crippen LogP contribution >= 0.6 is 0 Å². The summed E-state index contributed by atoms with van der Waals surface area (Å²) in [5.74, 6) is -0.711. The van der Waals surface area contributed by atoms with Crippen molar-refractivity contribution >= 4 is 18.6 Å². The largest absolute Gasteiger partial charge is 0.494 e. The van der Waals surface area contributed by atoms with Crippen LogP contribution in [0.15, 0.2) is 48.7 Å². The van der Waals surface area contributed by atoms with Gasteiger partial charge < -0.3 is 14.8 Å². The zero-order valence-corrected chi connectivity index (χ0v) is 9.35. The molecule has 2 N–H and O–H groups in total. The maximum Gasteiger partial charge on any atom is 0.494 e. The van der Waals surface area contributed by atoms with Crippen LogP contribution in [-0.2, 0) is 0 Å². The van der Waals surface area contributed by atoms with Gasteiger partial charge in [0.1, 0.15) is 0 Å². The first-order valence-corrected chi connectivity index (χ1v) is 5.27. The Bertz CT molecular complexity index is 545. The van der Waals surface area contributed by atoms with Crippen LogP contribution < -0.4 is 10.2 Å². The fraction of sp³-hybridized carbons (Fsp3) is 0. The SMILES string of the molecule is O=C(Oc1ncccc1B(O)O)c1ccccc1. The van der Waals surface area contributed by atoms with Crippen molar-refractivity contribution in [2.45, 2.75) is 0 Å². The second-order valence-corrected chi connectivity index (χ2v) is 3.53. The Morgan fingerprint density at radius 1 is 1.11 bits per heavy atom. The van der Waals surface area contributed by atoms with Gasteiger partial charge in [0.25, 0.3) is 0 Å². The first-order valence-electron chi connectivity index (χ1n) is 5.27. The Labute approximate surface area is 104 Å². The quantitative estimate of drug-likeness (QED) is 0.585. The molecule has 90 valence electrons. The Morgan fingerprint density at radius 2 is 1.83 bits per heavy atom. The van der Waals surface area contributed by atoms with Crippen LogP contribution in [-0.4, -0.2) is 28.1 Å². The third-order valence-electron chi connectivity index (χ3n) is 2.28. The van der Waals surface area contributed by atoms with Crippen molar-refractivity contribution in [1.82, 2.24) is 4.98 Å². The Morgan fingerprint density at radius 3 is 2.50 bits per heavy atom. The summed E-state index contributed by atoms with van der Waals surface area (Å²) >= 11 is 0. The van der Waals surface area contributed by atoms with Crippen LogP contribution in [0, 0.1) is 0 Å². The molecular weight excluding hydrogens is 233 g/mol. The van der Waals surface area contributed by atoms with Crippen LogP contribution in [0.5, 0.6) is 5.88 Å². The maximum absolute atomic E-state index is 11.8. The molecule has 0 fully saturated rings. The zero-order chi connectivity index (χ0) is 13.0. The van der Waals surface area contributed by atoms with Gasteiger partial charge in [-0.3, -0.25) is 0 Å². The predicted octanol–water partition coefficient (Wildman–Crippen LogP) is -0.0194. The number of pyridine rings is 1. The summed E-state index contributed by atoms with van der Waals surface area (Å²) in [7, 11) is -1.74. The first-order chi connectivity index (χ1) is 8.68. The number of aromatic nitrogens is 1. The highest BCUT2D eigenvalue weighted by Gasteiger charge is 2.20. The van der Waals surface area contributed by atoms with Crippen molar-refractivity contribution in [3.05, 3.63) is 54.2 Å². The molecule has 0 bridgehead atoms. The molecule has 0 aliphatic rings. The van der Waals surface area contributed by atoms with E-state index in [4.69, 9.17) is 14.8 Å². The molecule has 0 aliphatic heterocycles. The molecule has 1 heterocycles. The maximum atomic E-state index is 11.8. The van der Waals surface area contributed by atoms with E-state index in [0.717, 1.165) is 0 Å². The number of benzene rings is 1. The van der Waals surface area contributed by atoms with E-state index in [1.165, 1.54) is 18.3 Å². The smallest absolute Gasteiger partial charge is 0.423 e. The number of esters is 1. The number of ether oxygens (including phenoxy) is 1. The lowest BCUT2D eigenvalue weighted by molar-refractivity contribution is 0.0729. The van der Waals surface area contributed by atoms with Gasteiger partial charge in [0.15, 0.2) is 0 Å². The van der Waals surface area contributed by atoms with Gasteiger partial charge >= 0.3 is 13.1 Å². The lowest BCUT2D eigenvalue weighted by Gasteiger charge is -2.07. The van der Waals surface area contributed by atoms with E-state index in [1.54, 1.807) is 30.3 Å². The number of nitrogens with zero attached hydrogens (tertiary/aromatic N) is 1. The molecule has 0 radical (unpaired) electrons. The van der Waals surface area contributed by atoms with E-state index >= 15 is 0 Å². The van der Waals surface area contributed by atoms with Gasteiger partial charge in [-0.15, -0.1) is 0 Å².